The molecule has 7 heteroatoms. The van der Waals surface area contributed by atoms with E-state index >= 15 is 0 Å². The molecule has 0 aliphatic heterocycles. The number of carbonyl (C=O) groups excluding carboxylic acids is 1. The first-order valence-corrected chi connectivity index (χ1v) is 8.59. The minimum atomic E-state index is -0.188. The topological polar surface area (TPSA) is 57.7 Å². The number of hydrogen-bond donors (Lipinski definition) is 0. The van der Waals surface area contributed by atoms with Crippen LogP contribution in [-0.4, -0.2) is 32.1 Å². The monoisotopic (exact) mass is 407 g/mol. The van der Waals surface area contributed by atoms with Crippen LogP contribution >= 0.6 is 27.3 Å². The van der Waals surface area contributed by atoms with Crippen molar-refractivity contribution in [1.82, 2.24) is 4.98 Å². The number of nitrogens with zero attached hydrogens (tertiary/aromatic N) is 1. The summed E-state index contributed by atoms with van der Waals surface area (Å²) in [4.78, 5) is 17.3. The molecule has 0 fully saturated rings. The van der Waals surface area contributed by atoms with E-state index in [2.05, 4.69) is 20.9 Å². The lowest BCUT2D eigenvalue weighted by atomic mass is 10.1. The molecule has 1 heterocycles. The van der Waals surface area contributed by atoms with Crippen molar-refractivity contribution in [1.29, 1.82) is 0 Å². The van der Waals surface area contributed by atoms with Crippen molar-refractivity contribution in [3.05, 3.63) is 45.4 Å². The molecule has 0 bridgehead atoms. The molecule has 3 aromatic rings. The lowest BCUT2D eigenvalue weighted by Gasteiger charge is -2.13. The van der Waals surface area contributed by atoms with Gasteiger partial charge in [0.1, 0.15) is 0 Å². The molecule has 124 valence electrons. The van der Waals surface area contributed by atoms with Gasteiger partial charge in [0, 0.05) is 10.0 Å². The fourth-order valence-electron chi connectivity index (χ4n) is 2.33. The van der Waals surface area contributed by atoms with E-state index in [0.717, 1.165) is 14.7 Å². The fourth-order valence-corrected chi connectivity index (χ4v) is 3.59. The van der Waals surface area contributed by atoms with Crippen molar-refractivity contribution < 1.29 is 19.0 Å². The first kappa shape index (κ1) is 16.7. The summed E-state index contributed by atoms with van der Waals surface area (Å²) in [6, 6.07) is 9.01. The summed E-state index contributed by atoms with van der Waals surface area (Å²) in [6.45, 7) is 0. The lowest BCUT2D eigenvalue weighted by molar-refractivity contribution is 0.103. The van der Waals surface area contributed by atoms with Crippen molar-refractivity contribution in [2.45, 2.75) is 0 Å². The number of aromatic nitrogens is 1. The highest BCUT2D eigenvalue weighted by Gasteiger charge is 2.20. The summed E-state index contributed by atoms with van der Waals surface area (Å²) >= 11 is 4.76. The summed E-state index contributed by atoms with van der Waals surface area (Å²) in [6.07, 6.45) is 0. The zero-order valence-electron chi connectivity index (χ0n) is 13.3. The normalized spacial score (nSPS) is 10.7. The van der Waals surface area contributed by atoms with Crippen molar-refractivity contribution in [2.75, 3.05) is 21.3 Å². The molecular formula is C17H14BrNO4S. The maximum absolute atomic E-state index is 12.8. The van der Waals surface area contributed by atoms with Gasteiger partial charge in [-0.25, -0.2) is 4.98 Å². The molecule has 0 saturated carbocycles. The van der Waals surface area contributed by atoms with Crippen molar-refractivity contribution >= 4 is 43.3 Å². The van der Waals surface area contributed by atoms with Crippen LogP contribution in [0.4, 0.5) is 0 Å². The van der Waals surface area contributed by atoms with E-state index in [0.29, 0.717) is 27.8 Å². The Morgan fingerprint density at radius 2 is 1.71 bits per heavy atom. The summed E-state index contributed by atoms with van der Waals surface area (Å²) in [7, 11) is 4.55. The number of hydrogen-bond acceptors (Lipinski definition) is 6. The summed E-state index contributed by atoms with van der Waals surface area (Å²) < 4.78 is 17.8. The smallest absolute Gasteiger partial charge is 0.221 e. The Hall–Kier alpha value is -2.12. The van der Waals surface area contributed by atoms with Gasteiger partial charge >= 0.3 is 0 Å². The van der Waals surface area contributed by atoms with Gasteiger partial charge in [-0.1, -0.05) is 15.9 Å². The highest BCUT2D eigenvalue weighted by Crippen LogP contribution is 2.39. The number of ketones is 1. The van der Waals surface area contributed by atoms with Crippen LogP contribution in [0.15, 0.2) is 34.8 Å². The van der Waals surface area contributed by atoms with Gasteiger partial charge in [0.05, 0.1) is 31.5 Å². The van der Waals surface area contributed by atoms with Gasteiger partial charge in [-0.3, -0.25) is 4.79 Å². The van der Waals surface area contributed by atoms with E-state index in [4.69, 9.17) is 14.2 Å². The number of thiazole rings is 1. The van der Waals surface area contributed by atoms with E-state index < -0.39 is 0 Å². The van der Waals surface area contributed by atoms with Crippen LogP contribution in [0.3, 0.4) is 0 Å². The van der Waals surface area contributed by atoms with Crippen LogP contribution in [-0.2, 0) is 0 Å². The van der Waals surface area contributed by atoms with Gasteiger partial charge in [-0.2, -0.15) is 0 Å². The average Bonchev–Trinajstić information content (AvgIpc) is 3.02. The van der Waals surface area contributed by atoms with E-state index in [1.54, 1.807) is 12.1 Å². The van der Waals surface area contributed by atoms with E-state index in [-0.39, 0.29) is 5.78 Å². The van der Waals surface area contributed by atoms with Crippen LogP contribution in [0.1, 0.15) is 15.4 Å². The molecule has 0 aliphatic rings. The number of ether oxygens (including phenoxy) is 3. The van der Waals surface area contributed by atoms with E-state index in [1.807, 2.05) is 18.2 Å². The molecule has 1 aromatic heterocycles. The second-order valence-electron chi connectivity index (χ2n) is 4.87. The van der Waals surface area contributed by atoms with Crippen LogP contribution in [0, 0.1) is 0 Å². The maximum atomic E-state index is 12.8. The fraction of sp³-hybridized carbons (Fsp3) is 0.176. The van der Waals surface area contributed by atoms with E-state index in [1.165, 1.54) is 32.7 Å². The largest absolute Gasteiger partial charge is 0.493 e. The number of carbonyl (C=O) groups is 1. The second-order valence-corrected chi connectivity index (χ2v) is 6.82. The molecule has 0 unspecified atom stereocenters. The van der Waals surface area contributed by atoms with Gasteiger partial charge < -0.3 is 14.2 Å². The number of benzene rings is 2. The van der Waals surface area contributed by atoms with Crippen LogP contribution in [0.2, 0.25) is 0 Å². The molecule has 0 N–H and O–H groups in total. The number of fused-ring (bicyclic) bond motifs is 1. The average molecular weight is 408 g/mol. The maximum Gasteiger partial charge on any atom is 0.221 e. The molecule has 0 radical (unpaired) electrons. The Bertz CT molecular complexity index is 897. The first-order chi connectivity index (χ1) is 11.6. The Morgan fingerprint density at radius 1 is 1.04 bits per heavy atom. The number of methoxy groups -OCH3 is 3. The van der Waals surface area contributed by atoms with Crippen molar-refractivity contribution in [3.8, 4) is 17.2 Å². The molecule has 24 heavy (non-hydrogen) atoms. The standard InChI is InChI=1S/C17H14BrNO4S/c1-21-12-6-9(7-13(22-2)16(12)23-3)15(20)17-19-11-8-10(18)4-5-14(11)24-17/h4-8H,1-3H3. The third-order valence-corrected chi connectivity index (χ3v) is 5.00. The lowest BCUT2D eigenvalue weighted by Crippen LogP contribution is -2.03. The molecule has 0 saturated heterocycles. The number of halogens is 1. The Morgan fingerprint density at radius 3 is 2.29 bits per heavy atom. The van der Waals surface area contributed by atoms with Crippen LogP contribution < -0.4 is 14.2 Å². The zero-order chi connectivity index (χ0) is 17.3. The molecule has 0 aliphatic carbocycles. The van der Waals surface area contributed by atoms with E-state index in [9.17, 15) is 4.79 Å². The van der Waals surface area contributed by atoms with Gasteiger partial charge in [0.2, 0.25) is 11.5 Å². The van der Waals surface area contributed by atoms with Crippen LogP contribution in [0.25, 0.3) is 10.2 Å². The van der Waals surface area contributed by atoms with Gasteiger partial charge in [-0.15, -0.1) is 11.3 Å². The second kappa shape index (κ2) is 6.78. The predicted molar refractivity (Wildman–Crippen MR) is 96.9 cm³/mol. The molecule has 5 nitrogen and oxygen atoms in total. The Balaban J connectivity index is 2.08. The molecular weight excluding hydrogens is 394 g/mol. The molecule has 3 rings (SSSR count). The van der Waals surface area contributed by atoms with Crippen molar-refractivity contribution in [2.24, 2.45) is 0 Å². The molecule has 2 aromatic carbocycles. The summed E-state index contributed by atoms with van der Waals surface area (Å²) in [5, 5.41) is 0.414. The highest BCUT2D eigenvalue weighted by molar-refractivity contribution is 9.10. The Kier molecular flexibility index (Phi) is 4.73. The third-order valence-electron chi connectivity index (χ3n) is 3.47. The summed E-state index contributed by atoms with van der Waals surface area (Å²) in [5.41, 5.74) is 1.22. The highest BCUT2D eigenvalue weighted by atomic mass is 79.9. The van der Waals surface area contributed by atoms with Gasteiger partial charge in [-0.05, 0) is 30.3 Å². The molecule has 0 spiro atoms. The van der Waals surface area contributed by atoms with Gasteiger partial charge in [0.25, 0.3) is 0 Å². The van der Waals surface area contributed by atoms with Crippen molar-refractivity contribution in [3.63, 3.8) is 0 Å². The Labute approximate surface area is 151 Å². The zero-order valence-corrected chi connectivity index (χ0v) is 15.7. The summed E-state index contributed by atoms with van der Waals surface area (Å²) in [5.74, 6) is 1.13. The third kappa shape index (κ3) is 2.97. The molecule has 0 atom stereocenters. The first-order valence-electron chi connectivity index (χ1n) is 6.98. The minimum Gasteiger partial charge on any atom is -0.493 e. The van der Waals surface area contributed by atoms with Gasteiger partial charge in [0.15, 0.2) is 16.5 Å². The minimum absolute atomic E-state index is 0.188. The predicted octanol–water partition coefficient (Wildman–Crippen LogP) is 4.32. The quantitative estimate of drug-likeness (QED) is 0.589. The molecule has 0 amide bonds. The SMILES string of the molecule is COc1cc(C(=O)c2nc3cc(Br)ccc3s2)cc(OC)c1OC. The number of rotatable bonds is 5. The van der Waals surface area contributed by atoms with Crippen LogP contribution in [0.5, 0.6) is 17.2 Å².